The topological polar surface area (TPSA) is 91.4 Å². The summed E-state index contributed by atoms with van der Waals surface area (Å²) < 4.78 is 5.13. The van der Waals surface area contributed by atoms with Crippen molar-refractivity contribution in [3.63, 3.8) is 0 Å². The first-order valence-corrected chi connectivity index (χ1v) is 6.64. The van der Waals surface area contributed by atoms with Crippen LogP contribution in [0.3, 0.4) is 0 Å². The molecule has 6 nitrogen and oxygen atoms in total. The predicted molar refractivity (Wildman–Crippen MR) is 82.0 cm³/mol. The molecule has 0 saturated carbocycles. The van der Waals surface area contributed by atoms with Crippen LogP contribution >= 0.6 is 0 Å². The molecule has 0 saturated heterocycles. The van der Waals surface area contributed by atoms with E-state index in [9.17, 15) is 9.59 Å². The maximum absolute atomic E-state index is 12.1. The number of carbonyl (C=O) groups is 2. The van der Waals surface area contributed by atoms with Crippen LogP contribution in [-0.2, 0) is 4.79 Å². The molecule has 0 unspecified atom stereocenters. The van der Waals surface area contributed by atoms with Crippen molar-refractivity contribution >= 4 is 29.2 Å². The smallest absolute Gasteiger partial charge is 0.352 e. The summed E-state index contributed by atoms with van der Waals surface area (Å²) in [4.78, 5) is 26.0. The molecular weight excluding hydrogens is 284 g/mol. The third-order valence-electron chi connectivity index (χ3n) is 3.56. The van der Waals surface area contributed by atoms with Crippen LogP contribution in [0.25, 0.3) is 11.6 Å². The van der Waals surface area contributed by atoms with E-state index in [-0.39, 0.29) is 11.6 Å². The maximum Gasteiger partial charge on any atom is 0.352 e. The van der Waals surface area contributed by atoms with Gasteiger partial charge in [0.1, 0.15) is 11.4 Å². The van der Waals surface area contributed by atoms with E-state index < -0.39 is 5.97 Å². The fourth-order valence-electron chi connectivity index (χ4n) is 2.48. The number of hydrogen-bond acceptors (Lipinski definition) is 3. The van der Waals surface area contributed by atoms with Crippen LogP contribution in [0.2, 0.25) is 0 Å². The molecule has 1 aliphatic heterocycles. The number of aromatic carboxylic acids is 1. The van der Waals surface area contributed by atoms with Gasteiger partial charge in [-0.2, -0.15) is 0 Å². The van der Waals surface area contributed by atoms with Crippen molar-refractivity contribution in [2.75, 3.05) is 12.4 Å². The molecule has 22 heavy (non-hydrogen) atoms. The highest BCUT2D eigenvalue weighted by Gasteiger charge is 2.25. The Balaban J connectivity index is 2.04. The van der Waals surface area contributed by atoms with Crippen LogP contribution in [0, 0.1) is 6.92 Å². The lowest BCUT2D eigenvalue weighted by Gasteiger charge is -2.02. The monoisotopic (exact) mass is 298 g/mol. The molecule has 0 radical (unpaired) electrons. The molecule has 0 spiro atoms. The van der Waals surface area contributed by atoms with Crippen LogP contribution < -0.4 is 10.1 Å². The lowest BCUT2D eigenvalue weighted by atomic mass is 10.1. The summed E-state index contributed by atoms with van der Waals surface area (Å²) >= 11 is 0. The number of nitrogens with one attached hydrogen (secondary N) is 2. The first-order chi connectivity index (χ1) is 10.5. The number of hydrogen-bond donors (Lipinski definition) is 3. The Morgan fingerprint density at radius 1 is 1.32 bits per heavy atom. The minimum atomic E-state index is -1.02. The number of carbonyl (C=O) groups excluding carboxylic acids is 1. The number of fused-ring (bicyclic) bond motifs is 1. The second-order valence-corrected chi connectivity index (χ2v) is 5.01. The van der Waals surface area contributed by atoms with Crippen LogP contribution in [0.5, 0.6) is 5.75 Å². The van der Waals surface area contributed by atoms with Gasteiger partial charge in [0.05, 0.1) is 18.4 Å². The molecule has 1 aromatic heterocycles. The number of carboxylic acids is 1. The van der Waals surface area contributed by atoms with Crippen LogP contribution in [-0.4, -0.2) is 29.1 Å². The van der Waals surface area contributed by atoms with Gasteiger partial charge in [-0.3, -0.25) is 4.79 Å². The van der Waals surface area contributed by atoms with E-state index in [1.165, 1.54) is 0 Å². The molecular formula is C16H14N2O4. The Bertz CT molecular complexity index is 818. The molecule has 2 heterocycles. The summed E-state index contributed by atoms with van der Waals surface area (Å²) in [5.74, 6) is -0.597. The largest absolute Gasteiger partial charge is 0.497 e. The zero-order valence-corrected chi connectivity index (χ0v) is 12.1. The van der Waals surface area contributed by atoms with Crippen molar-refractivity contribution in [3.8, 4) is 5.75 Å². The number of anilines is 1. The first kappa shape index (κ1) is 13.9. The molecule has 1 aromatic carbocycles. The van der Waals surface area contributed by atoms with Crippen molar-refractivity contribution < 1.29 is 19.4 Å². The number of rotatable bonds is 3. The summed E-state index contributed by atoms with van der Waals surface area (Å²) in [5, 5.41) is 11.8. The minimum Gasteiger partial charge on any atom is -0.497 e. The van der Waals surface area contributed by atoms with Crippen LogP contribution in [0.1, 0.15) is 27.3 Å². The van der Waals surface area contributed by atoms with Crippen LogP contribution in [0.15, 0.2) is 24.3 Å². The van der Waals surface area contributed by atoms with Gasteiger partial charge in [-0.05, 0) is 36.8 Å². The number of aryl methyl sites for hydroxylation is 1. The van der Waals surface area contributed by atoms with Gasteiger partial charge < -0.3 is 20.1 Å². The van der Waals surface area contributed by atoms with E-state index in [4.69, 9.17) is 9.84 Å². The Morgan fingerprint density at radius 3 is 2.73 bits per heavy atom. The Hall–Kier alpha value is -3.02. The zero-order chi connectivity index (χ0) is 15.9. The lowest BCUT2D eigenvalue weighted by molar-refractivity contribution is -0.110. The second-order valence-electron chi connectivity index (χ2n) is 5.01. The molecule has 0 bridgehead atoms. The summed E-state index contributed by atoms with van der Waals surface area (Å²) in [7, 11) is 1.56. The van der Waals surface area contributed by atoms with E-state index >= 15 is 0 Å². The number of H-pyrrole nitrogens is 1. The molecule has 3 rings (SSSR count). The van der Waals surface area contributed by atoms with Gasteiger partial charge in [0.2, 0.25) is 0 Å². The van der Waals surface area contributed by atoms with Crippen molar-refractivity contribution in [1.29, 1.82) is 0 Å². The highest BCUT2D eigenvalue weighted by molar-refractivity contribution is 6.34. The highest BCUT2D eigenvalue weighted by atomic mass is 16.5. The number of benzene rings is 1. The van der Waals surface area contributed by atoms with E-state index in [1.54, 1.807) is 44.4 Å². The number of ether oxygens (including phenoxy) is 1. The predicted octanol–water partition coefficient (Wildman–Crippen LogP) is 2.52. The highest BCUT2D eigenvalue weighted by Crippen LogP contribution is 2.35. The number of amides is 1. The standard InChI is InChI=1S/C16H14N2O4/c1-8-5-9(17-14(8)16(20)21)6-12-11-4-3-10(22-2)7-13(11)18-15(12)19/h3-7,17H,1-2H3,(H,18,19)(H,20,21). The SMILES string of the molecule is COc1ccc2c(c1)NC(=O)C2=Cc1cc(C)c(C(=O)O)[nH]1. The lowest BCUT2D eigenvalue weighted by Crippen LogP contribution is -2.03. The molecule has 3 N–H and O–H groups in total. The molecule has 0 fully saturated rings. The number of carboxylic acid groups (broad SMARTS) is 1. The van der Waals surface area contributed by atoms with E-state index in [2.05, 4.69) is 10.3 Å². The average Bonchev–Trinajstić information content (AvgIpc) is 2.99. The molecule has 0 atom stereocenters. The third-order valence-corrected chi connectivity index (χ3v) is 3.56. The van der Waals surface area contributed by atoms with E-state index in [1.807, 2.05) is 0 Å². The molecule has 1 aliphatic rings. The molecule has 112 valence electrons. The van der Waals surface area contributed by atoms with Crippen molar-refractivity contribution in [2.45, 2.75) is 6.92 Å². The Kier molecular flexibility index (Phi) is 3.21. The Morgan fingerprint density at radius 2 is 2.09 bits per heavy atom. The van der Waals surface area contributed by atoms with Crippen LogP contribution in [0.4, 0.5) is 5.69 Å². The number of methoxy groups -OCH3 is 1. The van der Waals surface area contributed by atoms with Gasteiger partial charge in [0, 0.05) is 17.3 Å². The summed E-state index contributed by atoms with van der Waals surface area (Å²) in [6.07, 6.45) is 1.65. The van der Waals surface area contributed by atoms with Gasteiger partial charge in [-0.1, -0.05) is 0 Å². The number of aromatic nitrogens is 1. The second kappa shape index (κ2) is 5.07. The zero-order valence-electron chi connectivity index (χ0n) is 12.1. The minimum absolute atomic E-state index is 0.125. The molecule has 1 amide bonds. The average molecular weight is 298 g/mol. The molecule has 6 heteroatoms. The summed E-state index contributed by atoms with van der Waals surface area (Å²) in [6.45, 7) is 1.70. The first-order valence-electron chi connectivity index (χ1n) is 6.64. The Labute approximate surface area is 126 Å². The van der Waals surface area contributed by atoms with Crippen molar-refractivity contribution in [2.24, 2.45) is 0 Å². The van der Waals surface area contributed by atoms with Crippen molar-refractivity contribution in [1.82, 2.24) is 4.98 Å². The van der Waals surface area contributed by atoms with Gasteiger partial charge in [0.15, 0.2) is 0 Å². The summed E-state index contributed by atoms with van der Waals surface area (Å²) in [5.41, 5.74) is 3.24. The summed E-state index contributed by atoms with van der Waals surface area (Å²) in [6, 6.07) is 7.02. The van der Waals surface area contributed by atoms with E-state index in [0.717, 1.165) is 5.56 Å². The van der Waals surface area contributed by atoms with Gasteiger partial charge in [0.25, 0.3) is 5.91 Å². The fraction of sp³-hybridized carbons (Fsp3) is 0.125. The molecule has 0 aliphatic carbocycles. The fourth-order valence-corrected chi connectivity index (χ4v) is 2.48. The van der Waals surface area contributed by atoms with Gasteiger partial charge >= 0.3 is 5.97 Å². The van der Waals surface area contributed by atoms with Crippen molar-refractivity contribution in [3.05, 3.63) is 46.8 Å². The van der Waals surface area contributed by atoms with E-state index in [0.29, 0.717) is 28.3 Å². The third kappa shape index (κ3) is 2.24. The van der Waals surface area contributed by atoms with Gasteiger partial charge in [-0.25, -0.2) is 4.79 Å². The molecule has 2 aromatic rings. The maximum atomic E-state index is 12.1. The van der Waals surface area contributed by atoms with Gasteiger partial charge in [-0.15, -0.1) is 0 Å². The normalized spacial score (nSPS) is 14.8. The number of aromatic amines is 1. The quantitative estimate of drug-likeness (QED) is 0.759.